The minimum absolute atomic E-state index is 0.0148. The van der Waals surface area contributed by atoms with Gasteiger partial charge in [0, 0.05) is 37.8 Å². The van der Waals surface area contributed by atoms with Gasteiger partial charge in [-0.2, -0.15) is 10.1 Å². The van der Waals surface area contributed by atoms with Gasteiger partial charge in [-0.25, -0.2) is 22.9 Å². The van der Waals surface area contributed by atoms with Gasteiger partial charge >= 0.3 is 6.09 Å². The zero-order valence-electron chi connectivity index (χ0n) is 22.4. The summed E-state index contributed by atoms with van der Waals surface area (Å²) in [5.74, 6) is 0.0668. The summed E-state index contributed by atoms with van der Waals surface area (Å²) in [5.41, 5.74) is 4.22. The predicted octanol–water partition coefficient (Wildman–Crippen LogP) is 4.08. The van der Waals surface area contributed by atoms with Crippen molar-refractivity contribution in [1.29, 1.82) is 0 Å². The Bertz CT molecular complexity index is 1600. The molecule has 208 valence electrons. The number of carbonyl (C=O) groups is 1. The van der Waals surface area contributed by atoms with Crippen LogP contribution in [0.15, 0.2) is 71.9 Å². The summed E-state index contributed by atoms with van der Waals surface area (Å²) in [6, 6.07) is 17.0. The van der Waals surface area contributed by atoms with Crippen LogP contribution in [-0.2, 0) is 28.4 Å². The second-order valence-corrected chi connectivity index (χ2v) is 11.3. The molecular formula is C28H30N6O5S. The number of hydrogen-bond donors (Lipinski definition) is 1. The Balaban J connectivity index is 1.36. The van der Waals surface area contributed by atoms with Crippen molar-refractivity contribution in [3.63, 3.8) is 0 Å². The Labute approximate surface area is 232 Å². The summed E-state index contributed by atoms with van der Waals surface area (Å²) in [6.45, 7) is 4.88. The predicted molar refractivity (Wildman–Crippen MR) is 148 cm³/mol. The number of carbonyl (C=O) groups excluding carboxylic acids is 1. The molecule has 5 rings (SSSR count). The summed E-state index contributed by atoms with van der Waals surface area (Å²) < 4.78 is 41.5. The van der Waals surface area contributed by atoms with Gasteiger partial charge in [0.05, 0.1) is 18.4 Å². The molecule has 0 spiro atoms. The molecule has 1 unspecified atom stereocenters. The highest BCUT2D eigenvalue weighted by Gasteiger charge is 2.30. The van der Waals surface area contributed by atoms with E-state index >= 15 is 0 Å². The summed E-state index contributed by atoms with van der Waals surface area (Å²) in [6.07, 6.45) is 2.43. The van der Waals surface area contributed by atoms with Crippen molar-refractivity contribution in [3.8, 4) is 17.1 Å². The molecule has 11 nitrogen and oxygen atoms in total. The molecule has 40 heavy (non-hydrogen) atoms. The number of benzene rings is 2. The van der Waals surface area contributed by atoms with Gasteiger partial charge in [-0.1, -0.05) is 48.5 Å². The third kappa shape index (κ3) is 6.23. The van der Waals surface area contributed by atoms with E-state index in [2.05, 4.69) is 19.8 Å². The third-order valence-electron chi connectivity index (χ3n) is 6.55. The van der Waals surface area contributed by atoms with Gasteiger partial charge in [0.25, 0.3) is 10.0 Å². The number of aryl methyl sites for hydroxylation is 3. The lowest BCUT2D eigenvalue weighted by atomic mass is 10.00. The first-order valence-corrected chi connectivity index (χ1v) is 14.3. The summed E-state index contributed by atoms with van der Waals surface area (Å²) >= 11 is 0. The molecule has 1 atom stereocenters. The zero-order chi connectivity index (χ0) is 28.3. The maximum Gasteiger partial charge on any atom is 0.410 e. The molecule has 4 aromatic rings. The highest BCUT2D eigenvalue weighted by molar-refractivity contribution is 7.92. The molecule has 1 aliphatic heterocycles. The Morgan fingerprint density at radius 3 is 2.52 bits per heavy atom. The van der Waals surface area contributed by atoms with Crippen LogP contribution >= 0.6 is 0 Å². The molecule has 1 saturated heterocycles. The molecule has 0 saturated carbocycles. The average molecular weight is 563 g/mol. The fourth-order valence-electron chi connectivity index (χ4n) is 4.57. The molecule has 1 aliphatic rings. The third-order valence-corrected chi connectivity index (χ3v) is 7.84. The number of hydrogen-bond acceptors (Lipinski definition) is 8. The van der Waals surface area contributed by atoms with E-state index in [4.69, 9.17) is 9.47 Å². The van der Waals surface area contributed by atoms with Crippen molar-refractivity contribution in [2.45, 2.75) is 37.9 Å². The van der Waals surface area contributed by atoms with Crippen LogP contribution in [0.3, 0.4) is 0 Å². The molecule has 1 N–H and O–H groups in total. The van der Waals surface area contributed by atoms with Crippen molar-refractivity contribution in [2.75, 3.05) is 17.8 Å². The summed E-state index contributed by atoms with van der Waals surface area (Å²) in [4.78, 5) is 23.1. The van der Waals surface area contributed by atoms with Gasteiger partial charge < -0.3 is 14.4 Å². The highest BCUT2D eigenvalue weighted by Crippen LogP contribution is 2.30. The number of likely N-dealkylation sites (tertiary alicyclic amines) is 1. The summed E-state index contributed by atoms with van der Waals surface area (Å²) in [7, 11) is -2.36. The highest BCUT2D eigenvalue weighted by atomic mass is 32.2. The molecule has 1 amide bonds. The van der Waals surface area contributed by atoms with Gasteiger partial charge in [-0.15, -0.1) is 0 Å². The number of nitrogens with zero attached hydrogens (tertiary/aromatic N) is 5. The van der Waals surface area contributed by atoms with E-state index in [0.29, 0.717) is 25.2 Å². The van der Waals surface area contributed by atoms with Crippen LogP contribution in [0, 0.1) is 13.8 Å². The molecule has 2 aromatic carbocycles. The van der Waals surface area contributed by atoms with E-state index in [9.17, 15) is 13.2 Å². The average Bonchev–Trinajstić information content (AvgIpc) is 3.57. The van der Waals surface area contributed by atoms with Crippen LogP contribution in [0.5, 0.6) is 5.88 Å². The van der Waals surface area contributed by atoms with Crippen LogP contribution in [0.25, 0.3) is 11.3 Å². The number of amides is 1. The maximum absolute atomic E-state index is 13.0. The number of sulfonamides is 1. The van der Waals surface area contributed by atoms with Crippen molar-refractivity contribution >= 4 is 22.1 Å². The van der Waals surface area contributed by atoms with E-state index in [0.717, 1.165) is 22.3 Å². The number of anilines is 1. The molecular weight excluding hydrogens is 532 g/mol. The van der Waals surface area contributed by atoms with Crippen LogP contribution in [0.2, 0.25) is 0 Å². The first kappa shape index (κ1) is 27.1. The second kappa shape index (κ2) is 11.3. The quantitative estimate of drug-likeness (QED) is 0.340. The molecule has 3 heterocycles. The Morgan fingerprint density at radius 2 is 1.82 bits per heavy atom. The topological polar surface area (TPSA) is 129 Å². The maximum atomic E-state index is 13.0. The van der Waals surface area contributed by atoms with Gasteiger partial charge in [-0.3, -0.25) is 4.68 Å². The monoisotopic (exact) mass is 562 g/mol. The van der Waals surface area contributed by atoms with E-state index in [1.54, 1.807) is 18.0 Å². The normalized spacial score (nSPS) is 15.2. The Hall–Kier alpha value is -4.45. The summed E-state index contributed by atoms with van der Waals surface area (Å²) in [5, 5.41) is 3.94. The lowest BCUT2D eigenvalue weighted by molar-refractivity contribution is 0.0988. The van der Waals surface area contributed by atoms with Crippen LogP contribution in [0.4, 0.5) is 10.7 Å². The van der Waals surface area contributed by atoms with Crippen molar-refractivity contribution in [3.05, 3.63) is 83.7 Å². The number of nitrogens with one attached hydrogen (secondary N) is 1. The van der Waals surface area contributed by atoms with E-state index in [1.165, 1.54) is 17.1 Å². The number of ether oxygens (including phenoxy) is 2. The SMILES string of the molecule is Cc1cccc(C)c1-c1cc(OC2CCN(C(=O)OCc3ccccc3)C2)nc(NS(=O)(=O)c2cnn(C)c2)n1. The largest absolute Gasteiger partial charge is 0.472 e. The van der Waals surface area contributed by atoms with Crippen molar-refractivity contribution in [2.24, 2.45) is 7.05 Å². The second-order valence-electron chi connectivity index (χ2n) is 9.65. The van der Waals surface area contributed by atoms with Gasteiger partial charge in [0.15, 0.2) is 0 Å². The smallest absolute Gasteiger partial charge is 0.410 e. The molecule has 0 radical (unpaired) electrons. The molecule has 12 heteroatoms. The number of aromatic nitrogens is 4. The lowest BCUT2D eigenvalue weighted by Crippen LogP contribution is -2.31. The van der Waals surface area contributed by atoms with Crippen LogP contribution in [-0.4, -0.2) is 58.4 Å². The molecule has 0 aliphatic carbocycles. The Morgan fingerprint density at radius 1 is 1.07 bits per heavy atom. The molecule has 2 aromatic heterocycles. The van der Waals surface area contributed by atoms with Crippen LogP contribution in [0.1, 0.15) is 23.1 Å². The minimum Gasteiger partial charge on any atom is -0.472 e. The number of rotatable bonds is 8. The fraction of sp³-hybridized carbons (Fsp3) is 0.286. The van der Waals surface area contributed by atoms with E-state index in [1.807, 2.05) is 62.4 Å². The Kier molecular flexibility index (Phi) is 7.69. The van der Waals surface area contributed by atoms with Gasteiger partial charge in [-0.05, 0) is 30.5 Å². The first-order valence-electron chi connectivity index (χ1n) is 12.8. The zero-order valence-corrected chi connectivity index (χ0v) is 23.3. The molecule has 1 fully saturated rings. The van der Waals surface area contributed by atoms with Gasteiger partial charge in [0.1, 0.15) is 17.6 Å². The van der Waals surface area contributed by atoms with Gasteiger partial charge in [0.2, 0.25) is 11.8 Å². The van der Waals surface area contributed by atoms with E-state index < -0.39 is 16.1 Å². The van der Waals surface area contributed by atoms with E-state index in [-0.39, 0.29) is 29.4 Å². The van der Waals surface area contributed by atoms with Crippen molar-refractivity contribution in [1.82, 2.24) is 24.6 Å². The fourth-order valence-corrected chi connectivity index (χ4v) is 5.49. The first-order chi connectivity index (χ1) is 19.2. The molecule has 0 bridgehead atoms. The minimum atomic E-state index is -3.99. The lowest BCUT2D eigenvalue weighted by Gasteiger charge is -2.18. The standard InChI is InChI=1S/C28H30N6O5S/c1-19-8-7-9-20(2)26(19)24-14-25(31-27(30-24)32-40(36,37)23-15-29-33(3)17-23)39-22-12-13-34(16-22)28(35)38-18-21-10-5-4-6-11-21/h4-11,14-15,17,22H,12-13,16,18H2,1-3H3,(H,30,31,32). The van der Waals surface area contributed by atoms with Crippen molar-refractivity contribution < 1.29 is 22.7 Å². The van der Waals surface area contributed by atoms with Crippen LogP contribution < -0.4 is 9.46 Å².